The molecule has 2 aromatic rings. The van der Waals surface area contributed by atoms with Gasteiger partial charge in [-0.05, 0) is 47.0 Å². The third kappa shape index (κ3) is 2.11. The molecular formula is C12H12BrNO2. The molecule has 0 aliphatic heterocycles. The molecule has 84 valence electrons. The predicted molar refractivity (Wildman–Crippen MR) is 67.4 cm³/mol. The van der Waals surface area contributed by atoms with Crippen molar-refractivity contribution >= 4 is 33.1 Å². The van der Waals surface area contributed by atoms with E-state index < -0.39 is 0 Å². The maximum absolute atomic E-state index is 9.15. The summed E-state index contributed by atoms with van der Waals surface area (Å²) in [6.45, 7) is 3.67. The molecule has 1 heterocycles. The van der Waals surface area contributed by atoms with Crippen LogP contribution in [0.2, 0.25) is 0 Å². The number of benzene rings is 1. The lowest BCUT2D eigenvalue weighted by Crippen LogP contribution is -1.80. The van der Waals surface area contributed by atoms with Gasteiger partial charge in [-0.15, -0.1) is 0 Å². The molecule has 0 bridgehead atoms. The van der Waals surface area contributed by atoms with Gasteiger partial charge in [-0.3, -0.25) is 0 Å². The third-order valence-electron chi connectivity index (χ3n) is 2.26. The lowest BCUT2D eigenvalue weighted by molar-refractivity contribution is 0.417. The Bertz CT molecular complexity index is 553. The van der Waals surface area contributed by atoms with Crippen molar-refractivity contribution < 1.29 is 9.52 Å². The van der Waals surface area contributed by atoms with E-state index in [4.69, 9.17) is 9.52 Å². The Morgan fingerprint density at radius 1 is 1.56 bits per heavy atom. The number of nitrogens with zero attached hydrogens (tertiary/aromatic N) is 1. The number of aryl methyl sites for hydroxylation is 1. The van der Waals surface area contributed by atoms with Crippen molar-refractivity contribution in [3.63, 3.8) is 0 Å². The van der Waals surface area contributed by atoms with Crippen LogP contribution < -0.4 is 0 Å². The van der Waals surface area contributed by atoms with Crippen LogP contribution in [0.5, 0.6) is 0 Å². The summed E-state index contributed by atoms with van der Waals surface area (Å²) in [5.41, 5.74) is 2.72. The summed E-state index contributed by atoms with van der Waals surface area (Å²) in [5, 5.41) is 9.15. The SMILES string of the molecule is CCc1cc(Br)c2oc(C=C(C)O)nc2c1. The summed E-state index contributed by atoms with van der Waals surface area (Å²) in [6.07, 6.45) is 2.45. The van der Waals surface area contributed by atoms with Crippen molar-refractivity contribution in [3.8, 4) is 0 Å². The molecular weight excluding hydrogens is 270 g/mol. The highest BCUT2D eigenvalue weighted by atomic mass is 79.9. The van der Waals surface area contributed by atoms with Gasteiger partial charge < -0.3 is 9.52 Å². The van der Waals surface area contributed by atoms with E-state index in [1.165, 1.54) is 11.6 Å². The first-order valence-electron chi connectivity index (χ1n) is 5.06. The molecule has 16 heavy (non-hydrogen) atoms. The minimum absolute atomic E-state index is 0.179. The molecule has 0 fully saturated rings. The first-order valence-corrected chi connectivity index (χ1v) is 5.85. The van der Waals surface area contributed by atoms with Gasteiger partial charge in [-0.2, -0.15) is 0 Å². The molecule has 3 nitrogen and oxygen atoms in total. The minimum atomic E-state index is 0.179. The zero-order valence-corrected chi connectivity index (χ0v) is 10.7. The number of halogens is 1. The Hall–Kier alpha value is -1.29. The largest absolute Gasteiger partial charge is 0.512 e. The molecule has 1 aromatic carbocycles. The zero-order valence-electron chi connectivity index (χ0n) is 9.12. The number of aliphatic hydroxyl groups is 1. The Morgan fingerprint density at radius 3 is 2.94 bits per heavy atom. The summed E-state index contributed by atoms with van der Waals surface area (Å²) in [5.74, 6) is 0.599. The molecule has 1 N–H and O–H groups in total. The monoisotopic (exact) mass is 281 g/mol. The van der Waals surface area contributed by atoms with Crippen molar-refractivity contribution in [3.05, 3.63) is 33.8 Å². The Labute approximate surface area is 102 Å². The molecule has 0 saturated heterocycles. The van der Waals surface area contributed by atoms with Gasteiger partial charge in [-0.1, -0.05) is 6.92 Å². The van der Waals surface area contributed by atoms with E-state index in [1.807, 2.05) is 12.1 Å². The van der Waals surface area contributed by atoms with E-state index in [-0.39, 0.29) is 5.76 Å². The molecule has 0 saturated carbocycles. The summed E-state index contributed by atoms with van der Waals surface area (Å²) < 4.78 is 6.41. The Balaban J connectivity index is 2.61. The number of hydrogen-bond acceptors (Lipinski definition) is 3. The normalized spacial score (nSPS) is 12.3. The number of oxazole rings is 1. The highest BCUT2D eigenvalue weighted by Crippen LogP contribution is 2.27. The zero-order chi connectivity index (χ0) is 11.7. The van der Waals surface area contributed by atoms with Crippen LogP contribution >= 0.6 is 15.9 Å². The van der Waals surface area contributed by atoms with Gasteiger partial charge in [0.15, 0.2) is 5.58 Å². The maximum Gasteiger partial charge on any atom is 0.223 e. The molecule has 0 unspecified atom stereocenters. The molecule has 0 atom stereocenters. The standard InChI is InChI=1S/C12H12BrNO2/c1-3-8-5-9(13)12-10(6-8)14-11(16-12)4-7(2)15/h4-6,15H,3H2,1-2H3. The second-order valence-corrected chi connectivity index (χ2v) is 4.47. The van der Waals surface area contributed by atoms with Crippen LogP contribution in [0.15, 0.2) is 26.8 Å². The third-order valence-corrected chi connectivity index (χ3v) is 2.85. The van der Waals surface area contributed by atoms with Crippen molar-refractivity contribution in [1.82, 2.24) is 4.98 Å². The van der Waals surface area contributed by atoms with Crippen molar-refractivity contribution in [2.24, 2.45) is 0 Å². The molecule has 0 radical (unpaired) electrons. The van der Waals surface area contributed by atoms with Crippen LogP contribution in [0, 0.1) is 0 Å². The lowest BCUT2D eigenvalue weighted by Gasteiger charge is -1.96. The van der Waals surface area contributed by atoms with Crippen LogP contribution in [0.25, 0.3) is 17.2 Å². The Morgan fingerprint density at radius 2 is 2.31 bits per heavy atom. The van der Waals surface area contributed by atoms with Crippen LogP contribution in [-0.2, 0) is 6.42 Å². The molecule has 0 aliphatic carbocycles. The molecule has 2 rings (SSSR count). The molecule has 0 spiro atoms. The highest BCUT2D eigenvalue weighted by Gasteiger charge is 2.09. The number of rotatable bonds is 2. The highest BCUT2D eigenvalue weighted by molar-refractivity contribution is 9.10. The van der Waals surface area contributed by atoms with Gasteiger partial charge in [0, 0.05) is 6.08 Å². The second-order valence-electron chi connectivity index (χ2n) is 3.62. The van der Waals surface area contributed by atoms with E-state index in [1.54, 1.807) is 6.92 Å². The van der Waals surface area contributed by atoms with Crippen LogP contribution in [-0.4, -0.2) is 10.1 Å². The first kappa shape index (κ1) is 11.2. The number of aliphatic hydroxyl groups excluding tert-OH is 1. The van der Waals surface area contributed by atoms with E-state index in [0.29, 0.717) is 11.5 Å². The van der Waals surface area contributed by atoms with Gasteiger partial charge in [-0.25, -0.2) is 4.98 Å². The van der Waals surface area contributed by atoms with Gasteiger partial charge in [0.05, 0.1) is 10.2 Å². The number of hydrogen-bond donors (Lipinski definition) is 1. The lowest BCUT2D eigenvalue weighted by atomic mass is 10.1. The van der Waals surface area contributed by atoms with Crippen LogP contribution in [0.3, 0.4) is 0 Å². The number of aromatic nitrogens is 1. The van der Waals surface area contributed by atoms with E-state index in [2.05, 4.69) is 27.8 Å². The average molecular weight is 282 g/mol. The molecule has 4 heteroatoms. The van der Waals surface area contributed by atoms with Crippen molar-refractivity contribution in [2.45, 2.75) is 20.3 Å². The summed E-state index contributed by atoms with van der Waals surface area (Å²) in [4.78, 5) is 4.29. The van der Waals surface area contributed by atoms with Crippen molar-refractivity contribution in [1.29, 1.82) is 0 Å². The van der Waals surface area contributed by atoms with E-state index >= 15 is 0 Å². The average Bonchev–Trinajstić information content (AvgIpc) is 2.59. The topological polar surface area (TPSA) is 46.3 Å². The van der Waals surface area contributed by atoms with Crippen LogP contribution in [0.4, 0.5) is 0 Å². The smallest absolute Gasteiger partial charge is 0.223 e. The minimum Gasteiger partial charge on any atom is -0.512 e. The second kappa shape index (κ2) is 4.29. The first-order chi connectivity index (χ1) is 7.60. The van der Waals surface area contributed by atoms with Gasteiger partial charge >= 0.3 is 0 Å². The quantitative estimate of drug-likeness (QED) is 0.844. The van der Waals surface area contributed by atoms with Gasteiger partial charge in [0.25, 0.3) is 0 Å². The predicted octanol–water partition coefficient (Wildman–Crippen LogP) is 4.07. The number of fused-ring (bicyclic) bond motifs is 1. The van der Waals surface area contributed by atoms with E-state index in [9.17, 15) is 0 Å². The molecule has 1 aromatic heterocycles. The van der Waals surface area contributed by atoms with Crippen LogP contribution in [0.1, 0.15) is 25.3 Å². The fraction of sp³-hybridized carbons (Fsp3) is 0.250. The van der Waals surface area contributed by atoms with E-state index in [0.717, 1.165) is 16.4 Å². The van der Waals surface area contributed by atoms with Crippen molar-refractivity contribution in [2.75, 3.05) is 0 Å². The number of allylic oxidation sites excluding steroid dienone is 1. The molecule has 0 amide bonds. The summed E-state index contributed by atoms with van der Waals surface area (Å²) >= 11 is 3.45. The fourth-order valence-corrected chi connectivity index (χ4v) is 2.09. The summed E-state index contributed by atoms with van der Waals surface area (Å²) in [7, 11) is 0. The van der Waals surface area contributed by atoms with Gasteiger partial charge in [0.1, 0.15) is 5.52 Å². The fourth-order valence-electron chi connectivity index (χ4n) is 1.51. The Kier molecular flexibility index (Phi) is 3.01. The summed E-state index contributed by atoms with van der Waals surface area (Å²) in [6, 6.07) is 4.01. The molecule has 0 aliphatic rings. The maximum atomic E-state index is 9.15. The van der Waals surface area contributed by atoms with Gasteiger partial charge in [0.2, 0.25) is 5.89 Å².